The second-order valence-corrected chi connectivity index (χ2v) is 18.6. The summed E-state index contributed by atoms with van der Waals surface area (Å²) in [5.74, 6) is -0.947. The minimum Gasteiger partial charge on any atom is -0.462 e. The molecule has 2 atom stereocenters. The lowest BCUT2D eigenvalue weighted by Gasteiger charge is -2.20. The minimum absolute atomic E-state index is 0.0106. The van der Waals surface area contributed by atoms with Gasteiger partial charge in [0.2, 0.25) is 0 Å². The fourth-order valence-electron chi connectivity index (χ4n) is 8.18. The van der Waals surface area contributed by atoms with Crippen molar-refractivity contribution in [1.29, 1.82) is 0 Å². The Hall–Kier alpha value is -1.67. The molecule has 2 unspecified atom stereocenters. The summed E-state index contributed by atoms with van der Waals surface area (Å²) in [7, 11) is 0. The Morgan fingerprint density at radius 3 is 0.855 bits per heavy atom. The lowest BCUT2D eigenvalue weighted by molar-refractivity contribution is -0.166. The van der Waals surface area contributed by atoms with E-state index in [-0.39, 0.29) is 44.3 Å². The normalized spacial score (nSPS) is 12.4. The third kappa shape index (κ3) is 46.3. The average Bonchev–Trinajstić information content (AvgIpc) is 3.27. The molecule has 0 bridgehead atoms. The van der Waals surface area contributed by atoms with Crippen LogP contribution in [0.1, 0.15) is 290 Å². The molecule has 0 radical (unpaired) electrons. The Morgan fingerprint density at radius 1 is 0.323 bits per heavy atom. The van der Waals surface area contributed by atoms with Crippen molar-refractivity contribution in [3.8, 4) is 0 Å². The third-order valence-corrected chi connectivity index (χ3v) is 12.3. The third-order valence-electron chi connectivity index (χ3n) is 12.3. The summed E-state index contributed by atoms with van der Waals surface area (Å²) in [5.41, 5.74) is 0. The molecule has 0 aliphatic heterocycles. The van der Waals surface area contributed by atoms with Crippen molar-refractivity contribution in [2.45, 2.75) is 303 Å². The number of aliphatic hydroxyl groups excluding tert-OH is 1. The molecule has 0 saturated carbocycles. The van der Waals surface area contributed by atoms with Gasteiger partial charge in [0.05, 0.1) is 19.8 Å². The molecule has 1 N–H and O–H groups in total. The van der Waals surface area contributed by atoms with Crippen molar-refractivity contribution in [2.24, 2.45) is 0 Å². The Bertz CT molecular complexity index is 941. The van der Waals surface area contributed by atoms with Crippen LogP contribution in [0, 0.1) is 0 Å². The van der Waals surface area contributed by atoms with E-state index in [9.17, 15) is 19.5 Å². The SMILES string of the molecule is CCCCCCCCCCCCCCCC(=O)OCC(COCC(CO)OC(=O)CCCCCCCCCCCCCCC)OC(=O)CCCCCCCCCCCCCCC. The van der Waals surface area contributed by atoms with E-state index in [1.807, 2.05) is 0 Å². The van der Waals surface area contributed by atoms with Crippen molar-refractivity contribution >= 4 is 17.9 Å². The second kappa shape index (κ2) is 50.3. The maximum absolute atomic E-state index is 12.8. The van der Waals surface area contributed by atoms with Crippen molar-refractivity contribution < 1.29 is 38.4 Å². The lowest BCUT2D eigenvalue weighted by atomic mass is 10.0. The van der Waals surface area contributed by atoms with Gasteiger partial charge in [0.25, 0.3) is 0 Å². The molecule has 0 aromatic carbocycles. The van der Waals surface area contributed by atoms with E-state index in [1.54, 1.807) is 0 Å². The van der Waals surface area contributed by atoms with Crippen molar-refractivity contribution in [1.82, 2.24) is 0 Å². The van der Waals surface area contributed by atoms with Crippen LogP contribution in [0.2, 0.25) is 0 Å². The Morgan fingerprint density at radius 2 is 0.565 bits per heavy atom. The average molecular weight is 881 g/mol. The number of hydrogen-bond acceptors (Lipinski definition) is 8. The summed E-state index contributed by atoms with van der Waals surface area (Å²) in [6, 6.07) is 0. The molecule has 0 aliphatic rings. The van der Waals surface area contributed by atoms with E-state index in [2.05, 4.69) is 20.8 Å². The maximum atomic E-state index is 12.8. The summed E-state index contributed by atoms with van der Waals surface area (Å²) in [4.78, 5) is 38.0. The van der Waals surface area contributed by atoms with Crippen LogP contribution >= 0.6 is 0 Å². The van der Waals surface area contributed by atoms with Gasteiger partial charge in [0.1, 0.15) is 12.7 Å². The molecule has 8 nitrogen and oxygen atoms in total. The first-order valence-corrected chi connectivity index (χ1v) is 27.2. The summed E-state index contributed by atoms with van der Waals surface area (Å²) < 4.78 is 22.6. The number of rotatable bonds is 51. The number of unbranched alkanes of at least 4 members (excludes halogenated alkanes) is 36. The van der Waals surface area contributed by atoms with Gasteiger partial charge >= 0.3 is 17.9 Å². The van der Waals surface area contributed by atoms with Gasteiger partial charge in [0, 0.05) is 19.3 Å². The number of aliphatic hydroxyl groups is 1. The van der Waals surface area contributed by atoms with Gasteiger partial charge in [-0.15, -0.1) is 0 Å². The standard InChI is InChI=1S/C54H104O8/c1-4-7-10-13-16-19-22-25-28-31-34-37-40-43-52(56)60-49-51(62-54(58)45-42-39-36-33-30-27-24-21-18-15-12-9-6-3)48-59-47-50(46-55)61-53(57)44-41-38-35-32-29-26-23-20-17-14-11-8-5-2/h50-51,55H,4-49H2,1-3H3. The van der Waals surface area contributed by atoms with Crippen molar-refractivity contribution in [2.75, 3.05) is 26.4 Å². The van der Waals surface area contributed by atoms with Crippen LogP contribution in [0.4, 0.5) is 0 Å². The fraction of sp³-hybridized carbons (Fsp3) is 0.944. The number of carbonyl (C=O) groups is 3. The summed E-state index contributed by atoms with van der Waals surface area (Å²) >= 11 is 0. The summed E-state index contributed by atoms with van der Waals surface area (Å²) in [6.45, 7) is 6.30. The maximum Gasteiger partial charge on any atom is 0.306 e. The lowest BCUT2D eigenvalue weighted by Crippen LogP contribution is -2.33. The highest BCUT2D eigenvalue weighted by Gasteiger charge is 2.20. The molecule has 0 aromatic rings. The Kier molecular flexibility index (Phi) is 49.0. The van der Waals surface area contributed by atoms with Crippen LogP contribution in [-0.4, -0.2) is 61.6 Å². The highest BCUT2D eigenvalue weighted by Crippen LogP contribution is 2.17. The largest absolute Gasteiger partial charge is 0.462 e. The van der Waals surface area contributed by atoms with E-state index in [0.29, 0.717) is 19.3 Å². The van der Waals surface area contributed by atoms with Crippen LogP contribution in [0.25, 0.3) is 0 Å². The van der Waals surface area contributed by atoms with E-state index in [1.165, 1.54) is 193 Å². The van der Waals surface area contributed by atoms with Gasteiger partial charge in [0.15, 0.2) is 6.10 Å². The number of esters is 3. The highest BCUT2D eigenvalue weighted by atomic mass is 16.6. The van der Waals surface area contributed by atoms with E-state index in [4.69, 9.17) is 18.9 Å². The molecular formula is C54H104O8. The van der Waals surface area contributed by atoms with Crippen LogP contribution in [0.3, 0.4) is 0 Å². The van der Waals surface area contributed by atoms with Gasteiger partial charge in [-0.25, -0.2) is 0 Å². The topological polar surface area (TPSA) is 108 Å². The number of carbonyl (C=O) groups excluding carboxylic acids is 3. The minimum atomic E-state index is -0.801. The van der Waals surface area contributed by atoms with Gasteiger partial charge in [-0.2, -0.15) is 0 Å². The first kappa shape index (κ1) is 60.3. The molecule has 0 saturated heterocycles. The molecule has 8 heteroatoms. The predicted octanol–water partition coefficient (Wildman–Crippen LogP) is 15.8. The van der Waals surface area contributed by atoms with Crippen LogP contribution < -0.4 is 0 Å². The second-order valence-electron chi connectivity index (χ2n) is 18.6. The summed E-state index contributed by atoms with van der Waals surface area (Å²) in [6.07, 6.45) is 47.8. The summed E-state index contributed by atoms with van der Waals surface area (Å²) in [5, 5.41) is 9.90. The van der Waals surface area contributed by atoms with E-state index < -0.39 is 12.2 Å². The van der Waals surface area contributed by atoms with Gasteiger partial charge < -0.3 is 24.1 Å². The quantitative estimate of drug-likeness (QED) is 0.0366. The molecule has 62 heavy (non-hydrogen) atoms. The van der Waals surface area contributed by atoms with Crippen molar-refractivity contribution in [3.05, 3.63) is 0 Å². The number of hydrogen-bond donors (Lipinski definition) is 1. The molecule has 0 aliphatic carbocycles. The molecule has 0 fully saturated rings. The monoisotopic (exact) mass is 881 g/mol. The molecule has 0 aromatic heterocycles. The Labute approximate surface area is 384 Å². The van der Waals surface area contributed by atoms with Gasteiger partial charge in [-0.05, 0) is 19.3 Å². The smallest absolute Gasteiger partial charge is 0.306 e. The van der Waals surface area contributed by atoms with E-state index in [0.717, 1.165) is 57.8 Å². The van der Waals surface area contributed by atoms with E-state index >= 15 is 0 Å². The highest BCUT2D eigenvalue weighted by molar-refractivity contribution is 5.70. The molecular weight excluding hydrogens is 777 g/mol. The molecule has 0 amide bonds. The molecule has 0 heterocycles. The van der Waals surface area contributed by atoms with Crippen LogP contribution in [-0.2, 0) is 33.3 Å². The van der Waals surface area contributed by atoms with Gasteiger partial charge in [-0.3, -0.25) is 14.4 Å². The Balaban J connectivity index is 4.48. The van der Waals surface area contributed by atoms with Gasteiger partial charge in [-0.1, -0.05) is 252 Å². The van der Waals surface area contributed by atoms with Crippen LogP contribution in [0.5, 0.6) is 0 Å². The zero-order valence-corrected chi connectivity index (χ0v) is 41.5. The predicted molar refractivity (Wildman–Crippen MR) is 260 cm³/mol. The molecule has 368 valence electrons. The van der Waals surface area contributed by atoms with Crippen molar-refractivity contribution in [3.63, 3.8) is 0 Å². The zero-order valence-electron chi connectivity index (χ0n) is 41.5. The first-order valence-electron chi connectivity index (χ1n) is 27.2. The number of ether oxygens (including phenoxy) is 4. The molecule has 0 rings (SSSR count). The molecule has 0 spiro atoms. The zero-order chi connectivity index (χ0) is 45.2. The van der Waals surface area contributed by atoms with Crippen LogP contribution in [0.15, 0.2) is 0 Å². The first-order chi connectivity index (χ1) is 30.5. The fourth-order valence-corrected chi connectivity index (χ4v) is 8.18.